The third kappa shape index (κ3) is 3.37. The van der Waals surface area contributed by atoms with Crippen molar-refractivity contribution in [1.82, 2.24) is 0 Å². The van der Waals surface area contributed by atoms with Crippen LogP contribution in [0.25, 0.3) is 0 Å². The van der Waals surface area contributed by atoms with Crippen molar-refractivity contribution in [1.29, 1.82) is 0 Å². The van der Waals surface area contributed by atoms with Crippen molar-refractivity contribution in [3.63, 3.8) is 0 Å². The van der Waals surface area contributed by atoms with Crippen molar-refractivity contribution in [2.45, 2.75) is 63.9 Å². The van der Waals surface area contributed by atoms with E-state index in [1.807, 2.05) is 0 Å². The van der Waals surface area contributed by atoms with Gasteiger partial charge in [0.25, 0.3) is 0 Å². The quantitative estimate of drug-likeness (QED) is 0.554. The summed E-state index contributed by atoms with van der Waals surface area (Å²) < 4.78 is 0. The highest BCUT2D eigenvalue weighted by molar-refractivity contribution is 6.17. The van der Waals surface area contributed by atoms with E-state index in [-0.39, 0.29) is 6.10 Å². The summed E-state index contributed by atoms with van der Waals surface area (Å²) >= 11 is 5.68. The molecule has 0 amide bonds. The molecule has 0 aromatic carbocycles. The number of aliphatic hydroxyl groups is 1. The van der Waals surface area contributed by atoms with Gasteiger partial charge in [0.05, 0.1) is 6.10 Å². The van der Waals surface area contributed by atoms with Crippen LogP contribution in [0.15, 0.2) is 0 Å². The van der Waals surface area contributed by atoms with Crippen LogP contribution in [-0.4, -0.2) is 17.1 Å². The molecule has 0 spiro atoms. The molecule has 0 aromatic rings. The molecule has 0 unspecified atom stereocenters. The lowest BCUT2D eigenvalue weighted by atomic mass is 9.83. The topological polar surface area (TPSA) is 20.2 Å². The molecule has 0 aromatic heterocycles. The molecule has 2 aliphatic carbocycles. The molecule has 2 fully saturated rings. The minimum absolute atomic E-state index is 0.0151. The summed E-state index contributed by atoms with van der Waals surface area (Å²) in [6.45, 7) is 0. The first kappa shape index (κ1) is 12.7. The molecule has 3 atom stereocenters. The lowest BCUT2D eigenvalue weighted by molar-refractivity contribution is 0.0607. The highest BCUT2D eigenvalue weighted by atomic mass is 35.5. The molecule has 0 saturated heterocycles. The molecule has 0 heterocycles. The van der Waals surface area contributed by atoms with E-state index in [0.29, 0.717) is 11.8 Å². The van der Waals surface area contributed by atoms with Crippen molar-refractivity contribution in [3.8, 4) is 0 Å². The number of aliphatic hydroxyl groups excluding tert-OH is 1. The second-order valence-electron chi connectivity index (χ2n) is 5.73. The highest BCUT2D eigenvalue weighted by Gasteiger charge is 2.44. The van der Waals surface area contributed by atoms with E-state index in [1.165, 1.54) is 51.4 Å². The Hall–Kier alpha value is 0.250. The summed E-state index contributed by atoms with van der Waals surface area (Å²) in [6.07, 6.45) is 11.6. The third-order valence-electron chi connectivity index (χ3n) is 4.51. The van der Waals surface area contributed by atoms with Crippen molar-refractivity contribution < 1.29 is 5.11 Å². The Kier molecular flexibility index (Phi) is 4.97. The molecule has 1 N–H and O–H groups in total. The van der Waals surface area contributed by atoms with Crippen LogP contribution in [0.5, 0.6) is 0 Å². The Balaban J connectivity index is 1.65. The normalized spacial score (nSPS) is 32.6. The lowest BCUT2D eigenvalue weighted by Crippen LogP contribution is -2.25. The van der Waals surface area contributed by atoms with E-state index in [0.717, 1.165) is 18.2 Å². The number of halogens is 1. The van der Waals surface area contributed by atoms with Gasteiger partial charge in [0.15, 0.2) is 0 Å². The lowest BCUT2D eigenvalue weighted by Gasteiger charge is -2.26. The van der Waals surface area contributed by atoms with Crippen LogP contribution in [0.4, 0.5) is 0 Å². The van der Waals surface area contributed by atoms with Gasteiger partial charge in [0.1, 0.15) is 0 Å². The van der Waals surface area contributed by atoms with Crippen LogP contribution in [0.3, 0.4) is 0 Å². The molecule has 16 heavy (non-hydrogen) atoms. The zero-order chi connectivity index (χ0) is 11.4. The fourth-order valence-electron chi connectivity index (χ4n) is 3.35. The minimum Gasteiger partial charge on any atom is -0.393 e. The maximum atomic E-state index is 10.3. The van der Waals surface area contributed by atoms with Gasteiger partial charge >= 0.3 is 0 Å². The van der Waals surface area contributed by atoms with Gasteiger partial charge in [-0.2, -0.15) is 0 Å². The summed E-state index contributed by atoms with van der Waals surface area (Å²) in [5.41, 5.74) is 0. The summed E-state index contributed by atoms with van der Waals surface area (Å²) in [5, 5.41) is 10.3. The van der Waals surface area contributed by atoms with Crippen LogP contribution in [0.2, 0.25) is 0 Å². The first-order valence-corrected chi connectivity index (χ1v) is 7.60. The van der Waals surface area contributed by atoms with Crippen LogP contribution < -0.4 is 0 Å². The van der Waals surface area contributed by atoms with Gasteiger partial charge in [-0.25, -0.2) is 0 Å². The number of rotatable bonds is 6. The van der Waals surface area contributed by atoms with Crippen molar-refractivity contribution >= 4 is 11.6 Å². The fraction of sp³-hybridized carbons (Fsp3) is 1.00. The molecule has 2 aliphatic rings. The van der Waals surface area contributed by atoms with E-state index in [4.69, 9.17) is 11.6 Å². The fourth-order valence-corrected chi connectivity index (χ4v) is 3.54. The molecule has 0 aliphatic heterocycles. The van der Waals surface area contributed by atoms with Crippen LogP contribution >= 0.6 is 11.6 Å². The molecular weight excluding hydrogens is 220 g/mol. The van der Waals surface area contributed by atoms with Gasteiger partial charge in [0, 0.05) is 5.88 Å². The van der Waals surface area contributed by atoms with Crippen molar-refractivity contribution in [3.05, 3.63) is 0 Å². The van der Waals surface area contributed by atoms with Crippen molar-refractivity contribution in [2.75, 3.05) is 5.88 Å². The minimum atomic E-state index is 0.0151. The average Bonchev–Trinajstić information content (AvgIpc) is 3.09. The second kappa shape index (κ2) is 6.26. The molecular formula is C14H25ClO. The summed E-state index contributed by atoms with van der Waals surface area (Å²) in [6, 6.07) is 0. The van der Waals surface area contributed by atoms with E-state index in [9.17, 15) is 5.11 Å². The van der Waals surface area contributed by atoms with Crippen LogP contribution in [-0.2, 0) is 0 Å². The Morgan fingerprint density at radius 2 is 1.88 bits per heavy atom. The molecule has 1 nitrogen and oxygen atoms in total. The van der Waals surface area contributed by atoms with Gasteiger partial charge in [-0.15, -0.1) is 11.6 Å². The molecule has 2 heteroatoms. The summed E-state index contributed by atoms with van der Waals surface area (Å²) in [5.74, 6) is 2.87. The molecule has 94 valence electrons. The Bertz CT molecular complexity index is 201. The van der Waals surface area contributed by atoms with Gasteiger partial charge in [-0.05, 0) is 43.4 Å². The highest BCUT2D eigenvalue weighted by Crippen LogP contribution is 2.48. The number of alkyl halides is 1. The number of unbranched alkanes of at least 4 members (excludes halogenated alkanes) is 1. The van der Waals surface area contributed by atoms with Crippen LogP contribution in [0.1, 0.15) is 57.8 Å². The summed E-state index contributed by atoms with van der Waals surface area (Å²) in [7, 11) is 0. The Morgan fingerprint density at radius 1 is 1.12 bits per heavy atom. The largest absolute Gasteiger partial charge is 0.393 e. The average molecular weight is 245 g/mol. The first-order chi connectivity index (χ1) is 7.83. The maximum Gasteiger partial charge on any atom is 0.0599 e. The predicted octanol–water partition coefficient (Wildman–Crippen LogP) is 3.97. The predicted molar refractivity (Wildman–Crippen MR) is 68.7 cm³/mol. The Morgan fingerprint density at radius 3 is 2.56 bits per heavy atom. The first-order valence-electron chi connectivity index (χ1n) is 7.07. The zero-order valence-corrected chi connectivity index (χ0v) is 11.0. The monoisotopic (exact) mass is 244 g/mol. The molecule has 2 saturated carbocycles. The van der Waals surface area contributed by atoms with Gasteiger partial charge in [0.2, 0.25) is 0 Å². The standard InChI is InChI=1S/C14H25ClO/c15-9-5-4-8-12-10-13(12)14(16)11-6-2-1-3-7-11/h11-14,16H,1-10H2/t12-,13-,14-/m1/s1. The molecule has 0 bridgehead atoms. The molecule has 2 rings (SSSR count). The smallest absolute Gasteiger partial charge is 0.0599 e. The molecule has 0 radical (unpaired) electrons. The van der Waals surface area contributed by atoms with E-state index < -0.39 is 0 Å². The van der Waals surface area contributed by atoms with Crippen LogP contribution in [0, 0.1) is 17.8 Å². The number of hydrogen-bond acceptors (Lipinski definition) is 1. The van der Waals surface area contributed by atoms with E-state index in [1.54, 1.807) is 0 Å². The third-order valence-corrected chi connectivity index (χ3v) is 4.77. The maximum absolute atomic E-state index is 10.3. The van der Waals surface area contributed by atoms with Gasteiger partial charge in [-0.3, -0.25) is 0 Å². The zero-order valence-electron chi connectivity index (χ0n) is 10.2. The number of hydrogen-bond donors (Lipinski definition) is 1. The van der Waals surface area contributed by atoms with Gasteiger partial charge in [-0.1, -0.05) is 32.1 Å². The summed E-state index contributed by atoms with van der Waals surface area (Å²) in [4.78, 5) is 0. The van der Waals surface area contributed by atoms with Crippen molar-refractivity contribution in [2.24, 2.45) is 17.8 Å². The van der Waals surface area contributed by atoms with E-state index >= 15 is 0 Å². The second-order valence-corrected chi connectivity index (χ2v) is 6.11. The SMILES string of the molecule is O[C@H](C1CCCCC1)[C@@H]1C[C@H]1CCCCCl. The van der Waals surface area contributed by atoms with Gasteiger partial charge < -0.3 is 5.11 Å². The Labute approximate surface area is 105 Å². The van der Waals surface area contributed by atoms with E-state index in [2.05, 4.69) is 0 Å².